The van der Waals surface area contributed by atoms with Crippen molar-refractivity contribution in [2.75, 3.05) is 25.2 Å². The highest BCUT2D eigenvalue weighted by molar-refractivity contribution is 9.09. The molecule has 0 saturated carbocycles. The molecule has 0 fully saturated rings. The third-order valence-corrected chi connectivity index (χ3v) is 3.40. The summed E-state index contributed by atoms with van der Waals surface area (Å²) < 4.78 is 16.4. The third kappa shape index (κ3) is 6.26. The fourth-order valence-corrected chi connectivity index (χ4v) is 2.14. The van der Waals surface area contributed by atoms with E-state index in [1.807, 2.05) is 18.2 Å². The average Bonchev–Trinajstić information content (AvgIpc) is 2.52. The molecule has 0 aliphatic rings. The number of esters is 1. The van der Waals surface area contributed by atoms with Crippen LogP contribution in [0.3, 0.4) is 0 Å². The van der Waals surface area contributed by atoms with Gasteiger partial charge < -0.3 is 14.2 Å². The zero-order valence-corrected chi connectivity index (χ0v) is 15.1. The summed E-state index contributed by atoms with van der Waals surface area (Å²) in [5.74, 6) is 1.14. The second kappa shape index (κ2) is 10.5. The minimum absolute atomic E-state index is 0.228. The molecule has 4 nitrogen and oxygen atoms in total. The molecule has 0 spiro atoms. The van der Waals surface area contributed by atoms with E-state index in [0.717, 1.165) is 35.2 Å². The quantitative estimate of drug-likeness (QED) is 0.460. The van der Waals surface area contributed by atoms with Crippen LogP contribution >= 0.6 is 15.9 Å². The maximum absolute atomic E-state index is 11.6. The molecule has 1 atom stereocenters. The Morgan fingerprint density at radius 1 is 1.27 bits per heavy atom. The van der Waals surface area contributed by atoms with Crippen molar-refractivity contribution < 1.29 is 19.0 Å². The minimum Gasteiger partial charge on any atom is -0.493 e. The highest BCUT2D eigenvalue weighted by atomic mass is 79.9. The van der Waals surface area contributed by atoms with Gasteiger partial charge in [-0.05, 0) is 44.0 Å². The second-order valence-electron chi connectivity index (χ2n) is 5.02. The number of hydrogen-bond acceptors (Lipinski definition) is 4. The summed E-state index contributed by atoms with van der Waals surface area (Å²) in [5.41, 5.74) is 1.13. The van der Waals surface area contributed by atoms with E-state index in [2.05, 4.69) is 22.9 Å². The van der Waals surface area contributed by atoms with Gasteiger partial charge in [-0.2, -0.15) is 0 Å². The number of alkyl halides is 1. The Balaban J connectivity index is 2.67. The number of halogens is 1. The highest BCUT2D eigenvalue weighted by Crippen LogP contribution is 2.26. The Labute approximate surface area is 141 Å². The van der Waals surface area contributed by atoms with Gasteiger partial charge in [0.05, 0.1) is 19.1 Å². The van der Waals surface area contributed by atoms with Gasteiger partial charge in [0.2, 0.25) is 0 Å². The van der Waals surface area contributed by atoms with Gasteiger partial charge in [0.15, 0.2) is 0 Å². The predicted molar refractivity (Wildman–Crippen MR) is 91.0 cm³/mol. The molecule has 0 heterocycles. The van der Waals surface area contributed by atoms with Crippen molar-refractivity contribution in [3.05, 3.63) is 23.8 Å². The van der Waals surface area contributed by atoms with Gasteiger partial charge in [0.1, 0.15) is 18.1 Å². The summed E-state index contributed by atoms with van der Waals surface area (Å²) in [6.45, 7) is 7.07. The smallest absolute Gasteiger partial charge is 0.312 e. The summed E-state index contributed by atoms with van der Waals surface area (Å²) in [6, 6.07) is 5.80. The van der Waals surface area contributed by atoms with Gasteiger partial charge in [0, 0.05) is 5.33 Å². The van der Waals surface area contributed by atoms with Gasteiger partial charge in [-0.1, -0.05) is 29.3 Å². The van der Waals surface area contributed by atoms with Gasteiger partial charge >= 0.3 is 5.97 Å². The van der Waals surface area contributed by atoms with Gasteiger partial charge in [-0.3, -0.25) is 4.79 Å². The molecule has 0 radical (unpaired) electrons. The second-order valence-corrected chi connectivity index (χ2v) is 5.81. The molecule has 0 saturated heterocycles. The first-order valence-electron chi connectivity index (χ1n) is 7.73. The summed E-state index contributed by atoms with van der Waals surface area (Å²) in [5, 5.41) is 0.799. The maximum atomic E-state index is 11.6. The van der Waals surface area contributed by atoms with Crippen LogP contribution in [0.15, 0.2) is 18.2 Å². The molecule has 0 aliphatic carbocycles. The number of ether oxygens (including phenoxy) is 3. The molecule has 0 aliphatic heterocycles. The van der Waals surface area contributed by atoms with Crippen LogP contribution in [0.2, 0.25) is 0 Å². The average molecular weight is 373 g/mol. The van der Waals surface area contributed by atoms with Crippen molar-refractivity contribution in [1.29, 1.82) is 0 Å². The Kier molecular flexibility index (Phi) is 8.97. The molecule has 1 aromatic rings. The van der Waals surface area contributed by atoms with E-state index >= 15 is 0 Å². The lowest BCUT2D eigenvalue weighted by Gasteiger charge is -2.15. The number of carbonyl (C=O) groups is 1. The van der Waals surface area contributed by atoms with Crippen LogP contribution in [0.4, 0.5) is 0 Å². The van der Waals surface area contributed by atoms with E-state index in [1.54, 1.807) is 13.8 Å². The van der Waals surface area contributed by atoms with E-state index in [1.165, 1.54) is 0 Å². The molecule has 1 rings (SSSR count). The maximum Gasteiger partial charge on any atom is 0.312 e. The summed E-state index contributed by atoms with van der Waals surface area (Å²) in [4.78, 5) is 11.6. The van der Waals surface area contributed by atoms with Crippen LogP contribution in [-0.4, -0.2) is 31.1 Å². The lowest BCUT2D eigenvalue weighted by molar-refractivity contribution is -0.148. The van der Waals surface area contributed by atoms with Crippen molar-refractivity contribution in [3.63, 3.8) is 0 Å². The van der Waals surface area contributed by atoms with Gasteiger partial charge in [-0.25, -0.2) is 0 Å². The SMILES string of the molecule is CCCc1cc(OCC(C)C(=O)OCC)ccc1OCCBr. The molecule has 1 unspecified atom stereocenters. The molecule has 0 N–H and O–H groups in total. The Bertz CT molecular complexity index is 462. The number of hydrogen-bond donors (Lipinski definition) is 0. The predicted octanol–water partition coefficient (Wildman–Crippen LogP) is 3.99. The van der Waals surface area contributed by atoms with Crippen molar-refractivity contribution in [1.82, 2.24) is 0 Å². The van der Waals surface area contributed by atoms with E-state index in [9.17, 15) is 4.79 Å². The van der Waals surface area contributed by atoms with E-state index < -0.39 is 0 Å². The minimum atomic E-state index is -0.279. The fraction of sp³-hybridized carbons (Fsp3) is 0.588. The molecular formula is C17H25BrO4. The third-order valence-electron chi connectivity index (χ3n) is 3.07. The lowest BCUT2D eigenvalue weighted by atomic mass is 10.1. The van der Waals surface area contributed by atoms with Crippen LogP contribution in [0, 0.1) is 5.92 Å². The standard InChI is InChI=1S/C17H25BrO4/c1-4-6-14-11-15(7-8-16(14)21-10-9-18)22-12-13(3)17(19)20-5-2/h7-8,11,13H,4-6,9-10,12H2,1-3H3. The van der Waals surface area contributed by atoms with Crippen LogP contribution in [0.5, 0.6) is 11.5 Å². The molecule has 124 valence electrons. The van der Waals surface area contributed by atoms with Crippen molar-refractivity contribution in [3.8, 4) is 11.5 Å². The van der Waals surface area contributed by atoms with E-state index in [-0.39, 0.29) is 11.9 Å². The van der Waals surface area contributed by atoms with Crippen molar-refractivity contribution in [2.45, 2.75) is 33.6 Å². The van der Waals surface area contributed by atoms with Crippen LogP contribution in [-0.2, 0) is 16.0 Å². The largest absolute Gasteiger partial charge is 0.493 e. The molecule has 22 heavy (non-hydrogen) atoms. The van der Waals surface area contributed by atoms with Crippen LogP contribution in [0.25, 0.3) is 0 Å². The zero-order valence-electron chi connectivity index (χ0n) is 13.6. The summed E-state index contributed by atoms with van der Waals surface area (Å²) in [6.07, 6.45) is 1.97. The van der Waals surface area contributed by atoms with Gasteiger partial charge in [0.25, 0.3) is 0 Å². The summed E-state index contributed by atoms with van der Waals surface area (Å²) in [7, 11) is 0. The Morgan fingerprint density at radius 2 is 2.05 bits per heavy atom. The topological polar surface area (TPSA) is 44.8 Å². The number of aryl methyl sites for hydroxylation is 1. The molecule has 5 heteroatoms. The molecular weight excluding hydrogens is 348 g/mol. The van der Waals surface area contributed by atoms with Crippen molar-refractivity contribution >= 4 is 21.9 Å². The van der Waals surface area contributed by atoms with Gasteiger partial charge in [-0.15, -0.1) is 0 Å². The fourth-order valence-electron chi connectivity index (χ4n) is 1.97. The molecule has 1 aromatic carbocycles. The van der Waals surface area contributed by atoms with Crippen molar-refractivity contribution in [2.24, 2.45) is 5.92 Å². The lowest BCUT2D eigenvalue weighted by Crippen LogP contribution is -2.21. The Hall–Kier alpha value is -1.23. The number of carbonyl (C=O) groups excluding carboxylic acids is 1. The van der Waals surface area contributed by atoms with E-state index in [4.69, 9.17) is 14.2 Å². The summed E-state index contributed by atoms with van der Waals surface area (Å²) >= 11 is 3.36. The first kappa shape index (κ1) is 18.8. The number of rotatable bonds is 10. The Morgan fingerprint density at radius 3 is 2.68 bits per heavy atom. The molecule has 0 bridgehead atoms. The first-order chi connectivity index (χ1) is 10.6. The van der Waals surface area contributed by atoms with E-state index in [0.29, 0.717) is 19.8 Å². The highest BCUT2D eigenvalue weighted by Gasteiger charge is 2.15. The monoisotopic (exact) mass is 372 g/mol. The molecule has 0 amide bonds. The zero-order chi connectivity index (χ0) is 16.4. The first-order valence-corrected chi connectivity index (χ1v) is 8.85. The van der Waals surface area contributed by atoms with Crippen LogP contribution < -0.4 is 9.47 Å². The molecule has 0 aromatic heterocycles. The number of benzene rings is 1. The van der Waals surface area contributed by atoms with Crippen LogP contribution in [0.1, 0.15) is 32.8 Å². The normalized spacial score (nSPS) is 11.8.